The summed E-state index contributed by atoms with van der Waals surface area (Å²) in [5, 5.41) is 6.46. The Labute approximate surface area is 153 Å². The molecule has 10 heteroatoms. The van der Waals surface area contributed by atoms with Crippen LogP contribution in [0.2, 0.25) is 0 Å². The summed E-state index contributed by atoms with van der Waals surface area (Å²) in [5.74, 6) is 0.704. The molecular formula is C17H18N6O4. The molecule has 27 heavy (non-hydrogen) atoms. The molecule has 0 aliphatic heterocycles. The van der Waals surface area contributed by atoms with Crippen molar-refractivity contribution in [2.75, 3.05) is 5.32 Å². The molecule has 0 atom stereocenters. The number of anilines is 1. The van der Waals surface area contributed by atoms with Crippen LogP contribution in [0, 0.1) is 0 Å². The molecular weight excluding hydrogens is 352 g/mol. The molecule has 140 valence electrons. The first-order chi connectivity index (χ1) is 13.0. The number of hydrogen-bond donors (Lipinski definition) is 1. The number of amides is 1. The number of pyridine rings is 1. The van der Waals surface area contributed by atoms with Crippen LogP contribution in [0.3, 0.4) is 0 Å². The monoisotopic (exact) mass is 370 g/mol. The topological polar surface area (TPSA) is 125 Å². The minimum atomic E-state index is -0.508. The highest BCUT2D eigenvalue weighted by molar-refractivity contribution is 5.89. The fraction of sp³-hybridized carbons (Fsp3) is 0.294. The van der Waals surface area contributed by atoms with Crippen LogP contribution in [-0.4, -0.2) is 30.2 Å². The third-order valence-corrected chi connectivity index (χ3v) is 3.98. The maximum absolute atomic E-state index is 12.1. The molecule has 0 unspecified atom stereocenters. The summed E-state index contributed by atoms with van der Waals surface area (Å²) < 4.78 is 7.34. The van der Waals surface area contributed by atoms with Gasteiger partial charge in [-0.1, -0.05) is 5.16 Å². The summed E-state index contributed by atoms with van der Waals surface area (Å²) in [6, 6.07) is 4.81. The fourth-order valence-electron chi connectivity index (χ4n) is 2.43. The quantitative estimate of drug-likeness (QED) is 0.669. The van der Waals surface area contributed by atoms with Gasteiger partial charge >= 0.3 is 5.69 Å². The molecule has 0 fully saturated rings. The van der Waals surface area contributed by atoms with E-state index in [4.69, 9.17) is 4.52 Å². The molecule has 0 aromatic carbocycles. The van der Waals surface area contributed by atoms with Gasteiger partial charge in [-0.15, -0.1) is 0 Å². The van der Waals surface area contributed by atoms with Gasteiger partial charge in [-0.05, 0) is 18.6 Å². The predicted molar refractivity (Wildman–Crippen MR) is 96.0 cm³/mol. The number of hydrogen-bond acceptors (Lipinski definition) is 7. The van der Waals surface area contributed by atoms with Gasteiger partial charge in [-0.2, -0.15) is 4.98 Å². The Morgan fingerprint density at radius 1 is 1.26 bits per heavy atom. The highest BCUT2D eigenvalue weighted by Gasteiger charge is 2.12. The van der Waals surface area contributed by atoms with Crippen molar-refractivity contribution in [2.45, 2.75) is 19.3 Å². The summed E-state index contributed by atoms with van der Waals surface area (Å²) in [5.41, 5.74) is -0.245. The molecule has 0 bridgehead atoms. The zero-order chi connectivity index (χ0) is 19.4. The number of aryl methyl sites for hydroxylation is 1. The summed E-state index contributed by atoms with van der Waals surface area (Å²) in [4.78, 5) is 43.9. The zero-order valence-corrected chi connectivity index (χ0v) is 14.9. The van der Waals surface area contributed by atoms with Gasteiger partial charge in [0.15, 0.2) is 0 Å². The molecule has 3 heterocycles. The van der Waals surface area contributed by atoms with E-state index in [1.54, 1.807) is 18.5 Å². The number of rotatable bonds is 6. The molecule has 0 aliphatic carbocycles. The van der Waals surface area contributed by atoms with E-state index in [0.29, 0.717) is 24.6 Å². The largest absolute Gasteiger partial charge is 0.339 e. The molecule has 0 spiro atoms. The van der Waals surface area contributed by atoms with Crippen molar-refractivity contribution < 1.29 is 9.32 Å². The molecule has 0 radical (unpaired) electrons. The van der Waals surface area contributed by atoms with E-state index < -0.39 is 11.2 Å². The van der Waals surface area contributed by atoms with Gasteiger partial charge in [0, 0.05) is 51.0 Å². The Hall–Kier alpha value is -3.56. The van der Waals surface area contributed by atoms with E-state index in [2.05, 4.69) is 20.4 Å². The minimum absolute atomic E-state index is 0.157. The summed E-state index contributed by atoms with van der Waals surface area (Å²) in [6.07, 6.45) is 4.36. The Morgan fingerprint density at radius 2 is 2.07 bits per heavy atom. The normalized spacial score (nSPS) is 10.7. The van der Waals surface area contributed by atoms with E-state index >= 15 is 0 Å². The van der Waals surface area contributed by atoms with Crippen molar-refractivity contribution in [3.05, 3.63) is 57.3 Å². The second-order valence-electron chi connectivity index (χ2n) is 5.92. The smallest absolute Gasteiger partial charge is 0.332 e. The maximum Gasteiger partial charge on any atom is 0.332 e. The molecule has 0 saturated heterocycles. The second-order valence-corrected chi connectivity index (χ2v) is 5.92. The predicted octanol–water partition coefficient (Wildman–Crippen LogP) is 0.490. The molecule has 0 saturated carbocycles. The minimum Gasteiger partial charge on any atom is -0.339 e. The summed E-state index contributed by atoms with van der Waals surface area (Å²) in [6.45, 7) is 0. The zero-order valence-electron chi connectivity index (χ0n) is 14.9. The van der Waals surface area contributed by atoms with Crippen molar-refractivity contribution in [3.8, 4) is 11.4 Å². The third kappa shape index (κ3) is 4.17. The lowest BCUT2D eigenvalue weighted by atomic mass is 10.2. The van der Waals surface area contributed by atoms with Gasteiger partial charge in [0.25, 0.3) is 5.56 Å². The Bertz CT molecular complexity index is 1070. The first kappa shape index (κ1) is 18.2. The Kier molecular flexibility index (Phi) is 5.25. The number of nitrogens with zero attached hydrogens (tertiary/aromatic N) is 5. The Balaban J connectivity index is 1.56. The van der Waals surface area contributed by atoms with Crippen LogP contribution in [0.4, 0.5) is 5.82 Å². The lowest BCUT2D eigenvalue weighted by molar-refractivity contribution is -0.116. The van der Waals surface area contributed by atoms with Crippen LogP contribution < -0.4 is 16.6 Å². The van der Waals surface area contributed by atoms with E-state index in [-0.39, 0.29) is 18.1 Å². The molecule has 3 aromatic rings. The average Bonchev–Trinajstić information content (AvgIpc) is 3.14. The third-order valence-electron chi connectivity index (χ3n) is 3.98. The summed E-state index contributed by atoms with van der Waals surface area (Å²) >= 11 is 0. The lowest BCUT2D eigenvalue weighted by Crippen LogP contribution is -2.38. The van der Waals surface area contributed by atoms with Crippen molar-refractivity contribution >= 4 is 11.7 Å². The van der Waals surface area contributed by atoms with E-state index in [0.717, 1.165) is 10.1 Å². The van der Waals surface area contributed by atoms with Crippen LogP contribution >= 0.6 is 0 Å². The highest BCUT2D eigenvalue weighted by Crippen LogP contribution is 2.14. The van der Waals surface area contributed by atoms with Crippen LogP contribution in [0.15, 0.2) is 44.7 Å². The van der Waals surface area contributed by atoms with Crippen LogP contribution in [0.1, 0.15) is 18.7 Å². The van der Waals surface area contributed by atoms with Crippen LogP contribution in [0.25, 0.3) is 11.4 Å². The first-order valence-electron chi connectivity index (χ1n) is 8.25. The fourth-order valence-corrected chi connectivity index (χ4v) is 2.43. The second kappa shape index (κ2) is 7.77. The number of nitrogens with one attached hydrogen (secondary N) is 1. The van der Waals surface area contributed by atoms with Gasteiger partial charge < -0.3 is 9.84 Å². The van der Waals surface area contributed by atoms with E-state index in [9.17, 15) is 14.4 Å². The maximum atomic E-state index is 12.1. The van der Waals surface area contributed by atoms with Crippen molar-refractivity contribution in [1.29, 1.82) is 0 Å². The van der Waals surface area contributed by atoms with Gasteiger partial charge in [-0.3, -0.25) is 23.7 Å². The van der Waals surface area contributed by atoms with E-state index in [1.807, 2.05) is 6.07 Å². The number of aromatic nitrogens is 5. The number of carbonyl (C=O) groups is 1. The summed E-state index contributed by atoms with van der Waals surface area (Å²) in [7, 11) is 2.86. The Morgan fingerprint density at radius 3 is 2.81 bits per heavy atom. The van der Waals surface area contributed by atoms with Gasteiger partial charge in [-0.25, -0.2) is 4.79 Å². The SMILES string of the molecule is Cn1c(NC(=O)CCCc2nc(-c3cccnc3)no2)cc(=O)n(C)c1=O. The van der Waals surface area contributed by atoms with Gasteiger partial charge in [0.2, 0.25) is 17.6 Å². The highest BCUT2D eigenvalue weighted by atomic mass is 16.5. The van der Waals surface area contributed by atoms with Crippen LogP contribution in [0.5, 0.6) is 0 Å². The lowest BCUT2D eigenvalue weighted by Gasteiger charge is -2.10. The van der Waals surface area contributed by atoms with E-state index in [1.165, 1.54) is 24.7 Å². The van der Waals surface area contributed by atoms with Crippen LogP contribution in [-0.2, 0) is 25.3 Å². The molecule has 1 amide bonds. The van der Waals surface area contributed by atoms with Crippen molar-refractivity contribution in [1.82, 2.24) is 24.3 Å². The van der Waals surface area contributed by atoms with Crippen molar-refractivity contribution in [2.24, 2.45) is 14.1 Å². The molecule has 10 nitrogen and oxygen atoms in total. The average molecular weight is 370 g/mol. The van der Waals surface area contributed by atoms with Gasteiger partial charge in [0.05, 0.1) is 0 Å². The van der Waals surface area contributed by atoms with Crippen molar-refractivity contribution in [3.63, 3.8) is 0 Å². The molecule has 3 aromatic heterocycles. The molecule has 0 aliphatic rings. The molecule has 3 rings (SSSR count). The molecule has 1 N–H and O–H groups in total. The first-order valence-corrected chi connectivity index (χ1v) is 8.25. The number of carbonyl (C=O) groups excluding carboxylic acids is 1. The standard InChI is InChI=1S/C17H18N6O4/c1-22-12(9-15(25)23(2)17(22)26)19-13(24)6-3-7-14-20-16(21-27-14)11-5-4-8-18-10-11/h4-5,8-10H,3,6-7H2,1-2H3,(H,19,24). The van der Waals surface area contributed by atoms with Gasteiger partial charge in [0.1, 0.15) is 5.82 Å².